The minimum Gasteiger partial charge on any atom is -0.352 e. The van der Waals surface area contributed by atoms with E-state index in [1.54, 1.807) is 6.07 Å². The fourth-order valence-corrected chi connectivity index (χ4v) is 4.00. The normalized spacial score (nSPS) is 23.5. The first-order valence-corrected chi connectivity index (χ1v) is 9.36. The molecule has 1 N–H and O–H groups in total. The molecule has 4 rings (SSSR count). The Morgan fingerprint density at radius 2 is 1.85 bits per heavy atom. The van der Waals surface area contributed by atoms with Crippen LogP contribution in [0.4, 0.5) is 5.69 Å². The second kappa shape index (κ2) is 6.76. The van der Waals surface area contributed by atoms with Crippen LogP contribution in [-0.4, -0.2) is 17.9 Å². The van der Waals surface area contributed by atoms with Crippen molar-refractivity contribution in [3.8, 4) is 0 Å². The number of nitrogens with one attached hydrogen (secondary N) is 1. The molecule has 0 saturated heterocycles. The van der Waals surface area contributed by atoms with Crippen LogP contribution in [0.3, 0.4) is 0 Å². The third-order valence-corrected chi connectivity index (χ3v) is 5.67. The van der Waals surface area contributed by atoms with Gasteiger partial charge in [0.2, 0.25) is 11.8 Å². The van der Waals surface area contributed by atoms with Crippen LogP contribution in [0.15, 0.2) is 48.5 Å². The van der Waals surface area contributed by atoms with Crippen LogP contribution in [0.2, 0.25) is 5.02 Å². The quantitative estimate of drug-likeness (QED) is 0.896. The highest BCUT2D eigenvalue weighted by Gasteiger charge is 2.51. The molecule has 1 fully saturated rings. The lowest BCUT2D eigenvalue weighted by molar-refractivity contribution is -0.126. The first kappa shape index (κ1) is 17.1. The predicted molar refractivity (Wildman–Crippen MR) is 102 cm³/mol. The number of hydrogen-bond acceptors (Lipinski definition) is 2. The molecule has 1 heterocycles. The minimum absolute atomic E-state index is 0.0663. The van der Waals surface area contributed by atoms with Crippen molar-refractivity contribution in [2.75, 3.05) is 4.90 Å². The van der Waals surface area contributed by atoms with Crippen molar-refractivity contribution in [1.82, 2.24) is 5.32 Å². The highest BCUT2D eigenvalue weighted by Crippen LogP contribution is 2.43. The molecule has 1 aliphatic heterocycles. The van der Waals surface area contributed by atoms with Crippen LogP contribution < -0.4 is 10.2 Å². The van der Waals surface area contributed by atoms with E-state index >= 15 is 0 Å². The van der Waals surface area contributed by atoms with E-state index in [0.717, 1.165) is 17.7 Å². The average molecular weight is 369 g/mol. The molecular weight excluding hydrogens is 348 g/mol. The van der Waals surface area contributed by atoms with Gasteiger partial charge in [-0.05, 0) is 43.0 Å². The second-order valence-electron chi connectivity index (χ2n) is 7.15. The summed E-state index contributed by atoms with van der Waals surface area (Å²) in [7, 11) is 0. The standard InChI is InChI=1S/C21H21ClN2O2/c1-13-10-14-6-3-5-9-19(14)24(13)21(26)17-11-16(17)20(25)23-12-15-7-2-4-8-18(15)22/h2-9,13,16-17H,10-12H2,1H3,(H,23,25). The third kappa shape index (κ3) is 3.10. The van der Waals surface area contributed by atoms with Crippen molar-refractivity contribution < 1.29 is 9.59 Å². The number of para-hydroxylation sites is 1. The zero-order valence-electron chi connectivity index (χ0n) is 14.6. The Bertz CT molecular complexity index is 867. The van der Waals surface area contributed by atoms with Gasteiger partial charge in [-0.15, -0.1) is 0 Å². The van der Waals surface area contributed by atoms with E-state index in [9.17, 15) is 9.59 Å². The second-order valence-corrected chi connectivity index (χ2v) is 7.56. The third-order valence-electron chi connectivity index (χ3n) is 5.30. The topological polar surface area (TPSA) is 49.4 Å². The number of fused-ring (bicyclic) bond motifs is 1. The largest absolute Gasteiger partial charge is 0.352 e. The fourth-order valence-electron chi connectivity index (χ4n) is 3.79. The van der Waals surface area contributed by atoms with Gasteiger partial charge in [0, 0.05) is 23.3 Å². The van der Waals surface area contributed by atoms with Crippen molar-refractivity contribution in [1.29, 1.82) is 0 Å². The molecule has 1 aliphatic carbocycles. The monoisotopic (exact) mass is 368 g/mol. The van der Waals surface area contributed by atoms with Crippen molar-refractivity contribution in [3.05, 3.63) is 64.7 Å². The molecule has 3 unspecified atom stereocenters. The number of rotatable bonds is 4. The van der Waals surface area contributed by atoms with Crippen LogP contribution in [0.5, 0.6) is 0 Å². The number of carbonyl (C=O) groups excluding carboxylic acids is 2. The summed E-state index contributed by atoms with van der Waals surface area (Å²) in [6, 6.07) is 15.6. The Labute approximate surface area is 158 Å². The van der Waals surface area contributed by atoms with E-state index in [1.165, 1.54) is 5.56 Å². The highest BCUT2D eigenvalue weighted by molar-refractivity contribution is 6.31. The van der Waals surface area contributed by atoms with Gasteiger partial charge in [-0.1, -0.05) is 48.0 Å². The zero-order valence-corrected chi connectivity index (χ0v) is 15.4. The van der Waals surface area contributed by atoms with Gasteiger partial charge >= 0.3 is 0 Å². The summed E-state index contributed by atoms with van der Waals surface area (Å²) in [4.78, 5) is 27.2. The van der Waals surface area contributed by atoms with Gasteiger partial charge in [0.05, 0.1) is 11.8 Å². The molecule has 2 amide bonds. The Morgan fingerprint density at radius 1 is 1.12 bits per heavy atom. The van der Waals surface area contributed by atoms with E-state index in [2.05, 4.69) is 18.3 Å². The predicted octanol–water partition coefficient (Wildman–Crippen LogP) is 3.57. The maximum atomic E-state index is 12.9. The zero-order chi connectivity index (χ0) is 18.3. The molecular formula is C21H21ClN2O2. The van der Waals surface area contributed by atoms with Crippen molar-refractivity contribution in [2.45, 2.75) is 32.4 Å². The average Bonchev–Trinajstić information content (AvgIpc) is 3.36. The summed E-state index contributed by atoms with van der Waals surface area (Å²) < 4.78 is 0. The molecule has 0 bridgehead atoms. The minimum atomic E-state index is -0.232. The Hall–Kier alpha value is -2.33. The van der Waals surface area contributed by atoms with Gasteiger partial charge in [0.15, 0.2) is 0 Å². The Morgan fingerprint density at radius 3 is 2.65 bits per heavy atom. The summed E-state index contributed by atoms with van der Waals surface area (Å²) in [5.74, 6) is -0.441. The summed E-state index contributed by atoms with van der Waals surface area (Å²) in [5, 5.41) is 3.55. The molecule has 26 heavy (non-hydrogen) atoms. The van der Waals surface area contributed by atoms with Gasteiger partial charge in [0.1, 0.15) is 0 Å². The number of hydrogen-bond donors (Lipinski definition) is 1. The lowest BCUT2D eigenvalue weighted by Crippen LogP contribution is -2.38. The molecule has 4 nitrogen and oxygen atoms in total. The smallest absolute Gasteiger partial charge is 0.231 e. The van der Waals surface area contributed by atoms with Crippen LogP contribution in [-0.2, 0) is 22.6 Å². The lowest BCUT2D eigenvalue weighted by Gasteiger charge is -2.23. The number of carbonyl (C=O) groups is 2. The number of nitrogens with zero attached hydrogens (tertiary/aromatic N) is 1. The van der Waals surface area contributed by atoms with E-state index < -0.39 is 0 Å². The molecule has 134 valence electrons. The van der Waals surface area contributed by atoms with Gasteiger partial charge < -0.3 is 10.2 Å². The van der Waals surface area contributed by atoms with Gasteiger partial charge in [-0.25, -0.2) is 0 Å². The van der Waals surface area contributed by atoms with Crippen LogP contribution >= 0.6 is 11.6 Å². The maximum Gasteiger partial charge on any atom is 0.231 e. The van der Waals surface area contributed by atoms with Gasteiger partial charge in [0.25, 0.3) is 0 Å². The maximum absolute atomic E-state index is 12.9. The summed E-state index contributed by atoms with van der Waals surface area (Å²) in [5.41, 5.74) is 3.08. The van der Waals surface area contributed by atoms with E-state index in [-0.39, 0.29) is 29.7 Å². The highest BCUT2D eigenvalue weighted by atomic mass is 35.5. The van der Waals surface area contributed by atoms with Crippen molar-refractivity contribution in [3.63, 3.8) is 0 Å². The summed E-state index contributed by atoms with van der Waals surface area (Å²) in [6.07, 6.45) is 1.50. The SMILES string of the molecule is CC1Cc2ccccc2N1C(=O)C1CC1C(=O)NCc1ccccc1Cl. The summed E-state index contributed by atoms with van der Waals surface area (Å²) >= 11 is 6.12. The molecule has 5 heteroatoms. The van der Waals surface area contributed by atoms with Crippen molar-refractivity contribution in [2.24, 2.45) is 11.8 Å². The summed E-state index contributed by atoms with van der Waals surface area (Å²) in [6.45, 7) is 2.45. The van der Waals surface area contributed by atoms with E-state index in [1.807, 2.05) is 41.3 Å². The lowest BCUT2D eigenvalue weighted by atomic mass is 10.1. The van der Waals surface area contributed by atoms with Crippen LogP contribution in [0.25, 0.3) is 0 Å². The number of anilines is 1. The molecule has 0 spiro atoms. The van der Waals surface area contributed by atoms with Crippen LogP contribution in [0, 0.1) is 11.8 Å². The van der Waals surface area contributed by atoms with Gasteiger partial charge in [-0.2, -0.15) is 0 Å². The molecule has 2 aliphatic rings. The first-order chi connectivity index (χ1) is 12.6. The molecule has 3 atom stereocenters. The molecule has 2 aromatic rings. The fraction of sp³-hybridized carbons (Fsp3) is 0.333. The first-order valence-electron chi connectivity index (χ1n) is 8.98. The Balaban J connectivity index is 1.38. The molecule has 1 saturated carbocycles. The van der Waals surface area contributed by atoms with Crippen LogP contribution in [0.1, 0.15) is 24.5 Å². The van der Waals surface area contributed by atoms with Gasteiger partial charge in [-0.3, -0.25) is 9.59 Å². The van der Waals surface area contributed by atoms with E-state index in [4.69, 9.17) is 11.6 Å². The Kier molecular flexibility index (Phi) is 4.45. The molecule has 0 radical (unpaired) electrons. The number of benzene rings is 2. The van der Waals surface area contributed by atoms with Crippen molar-refractivity contribution >= 4 is 29.1 Å². The molecule has 2 aromatic carbocycles. The van der Waals surface area contributed by atoms with E-state index in [0.29, 0.717) is 18.0 Å². The number of amides is 2. The molecule has 0 aromatic heterocycles. The number of halogens is 1.